The molecule has 9 heteroatoms. The number of hydrogen-bond donors (Lipinski definition) is 1. The Bertz CT molecular complexity index is 1190. The minimum atomic E-state index is -4.55. The number of para-hydroxylation sites is 1. The highest BCUT2D eigenvalue weighted by molar-refractivity contribution is 6.04. The summed E-state index contributed by atoms with van der Waals surface area (Å²) in [6.45, 7) is 2.21. The molecule has 0 fully saturated rings. The predicted octanol–water partition coefficient (Wildman–Crippen LogP) is 4.70. The number of aryl methyl sites for hydroxylation is 1. The lowest BCUT2D eigenvalue weighted by molar-refractivity contribution is -0.137. The highest BCUT2D eigenvalue weighted by Gasteiger charge is 2.34. The van der Waals surface area contributed by atoms with E-state index in [9.17, 15) is 18.0 Å². The zero-order valence-electron chi connectivity index (χ0n) is 16.5. The van der Waals surface area contributed by atoms with Gasteiger partial charge in [0.2, 0.25) is 0 Å². The molecule has 0 atom stereocenters. The van der Waals surface area contributed by atoms with Crippen LogP contribution in [-0.4, -0.2) is 25.5 Å². The molecule has 2 aromatic heterocycles. The molecule has 0 spiro atoms. The van der Waals surface area contributed by atoms with Crippen molar-refractivity contribution in [3.8, 4) is 5.69 Å². The molecular formula is C22H18F3N5O. The van der Waals surface area contributed by atoms with Crippen LogP contribution in [0.4, 0.5) is 19.0 Å². The van der Waals surface area contributed by atoms with E-state index in [1.165, 1.54) is 24.3 Å². The van der Waals surface area contributed by atoms with Gasteiger partial charge in [-0.15, -0.1) is 0 Å². The first-order valence-electron chi connectivity index (χ1n) is 9.42. The molecule has 0 saturated carbocycles. The number of rotatable bonds is 5. The van der Waals surface area contributed by atoms with Gasteiger partial charge in [-0.1, -0.05) is 24.3 Å². The highest BCUT2D eigenvalue weighted by Crippen LogP contribution is 2.34. The number of anilines is 1. The van der Waals surface area contributed by atoms with Crippen molar-refractivity contribution in [1.29, 1.82) is 0 Å². The molecule has 1 N–H and O–H groups in total. The van der Waals surface area contributed by atoms with Crippen LogP contribution in [0.5, 0.6) is 0 Å². The molecular weight excluding hydrogens is 407 g/mol. The number of alkyl halides is 3. The molecule has 31 heavy (non-hydrogen) atoms. The van der Waals surface area contributed by atoms with Crippen LogP contribution in [0.2, 0.25) is 0 Å². The summed E-state index contributed by atoms with van der Waals surface area (Å²) in [6, 6.07) is 15.4. The maximum Gasteiger partial charge on any atom is 0.418 e. The Hall–Kier alpha value is -3.88. The Labute approximate surface area is 175 Å². The topological polar surface area (TPSA) is 64.7 Å². The van der Waals surface area contributed by atoms with Gasteiger partial charge in [-0.2, -0.15) is 23.4 Å². The van der Waals surface area contributed by atoms with Gasteiger partial charge in [0, 0.05) is 24.0 Å². The second kappa shape index (κ2) is 8.10. The summed E-state index contributed by atoms with van der Waals surface area (Å²) in [6.07, 6.45) is -1.03. The molecule has 0 aliphatic heterocycles. The van der Waals surface area contributed by atoms with Crippen LogP contribution < -0.4 is 5.32 Å². The fraction of sp³-hybridized carbons (Fsp3) is 0.136. The summed E-state index contributed by atoms with van der Waals surface area (Å²) in [4.78, 5) is 12.7. The predicted molar refractivity (Wildman–Crippen MR) is 109 cm³/mol. The van der Waals surface area contributed by atoms with Crippen LogP contribution in [0.1, 0.15) is 27.2 Å². The fourth-order valence-electron chi connectivity index (χ4n) is 3.20. The molecule has 1 amide bonds. The summed E-state index contributed by atoms with van der Waals surface area (Å²) < 4.78 is 43.2. The Morgan fingerprint density at radius 3 is 2.48 bits per heavy atom. The number of nitrogens with zero attached hydrogens (tertiary/aromatic N) is 4. The van der Waals surface area contributed by atoms with Gasteiger partial charge < -0.3 is 5.32 Å². The van der Waals surface area contributed by atoms with Crippen molar-refractivity contribution in [2.24, 2.45) is 0 Å². The lowest BCUT2D eigenvalue weighted by Gasteiger charge is -2.15. The number of benzene rings is 2. The van der Waals surface area contributed by atoms with E-state index in [2.05, 4.69) is 15.5 Å². The number of hydrogen-bond acceptors (Lipinski definition) is 3. The largest absolute Gasteiger partial charge is 0.418 e. The average molecular weight is 425 g/mol. The Kier molecular flexibility index (Phi) is 5.33. The molecule has 6 nitrogen and oxygen atoms in total. The Morgan fingerprint density at radius 1 is 1.06 bits per heavy atom. The molecule has 0 aliphatic rings. The number of aromatic nitrogens is 4. The van der Waals surface area contributed by atoms with Crippen LogP contribution in [0.3, 0.4) is 0 Å². The number of carbonyl (C=O) groups is 1. The van der Waals surface area contributed by atoms with Crippen molar-refractivity contribution in [2.45, 2.75) is 19.6 Å². The maximum atomic E-state index is 13.4. The van der Waals surface area contributed by atoms with Crippen molar-refractivity contribution in [3.05, 3.63) is 95.4 Å². The van der Waals surface area contributed by atoms with Crippen LogP contribution in [0.15, 0.2) is 73.1 Å². The van der Waals surface area contributed by atoms with E-state index < -0.39 is 17.6 Å². The molecule has 0 unspecified atom stereocenters. The van der Waals surface area contributed by atoms with E-state index in [0.29, 0.717) is 17.8 Å². The first kappa shape index (κ1) is 20.4. The van der Waals surface area contributed by atoms with Gasteiger partial charge >= 0.3 is 6.18 Å². The molecule has 158 valence electrons. The smallest absolute Gasteiger partial charge is 0.306 e. The molecule has 0 saturated heterocycles. The van der Waals surface area contributed by atoms with Gasteiger partial charge in [0.25, 0.3) is 5.91 Å². The van der Waals surface area contributed by atoms with E-state index in [1.807, 2.05) is 12.3 Å². The molecule has 4 rings (SSSR count). The van der Waals surface area contributed by atoms with E-state index in [1.54, 1.807) is 42.1 Å². The quantitative estimate of drug-likeness (QED) is 0.504. The molecule has 0 bridgehead atoms. The van der Waals surface area contributed by atoms with Crippen molar-refractivity contribution in [3.63, 3.8) is 0 Å². The SMILES string of the molecule is Cc1cc(NC(=O)c2ccc(Cn3cccn3)cc2)n(-c2ccccc2C(F)(F)F)n1. The monoisotopic (exact) mass is 425 g/mol. The number of carbonyl (C=O) groups excluding carboxylic acids is 1. The zero-order valence-corrected chi connectivity index (χ0v) is 16.5. The third-order valence-electron chi connectivity index (χ3n) is 4.63. The molecule has 4 aromatic rings. The first-order chi connectivity index (χ1) is 14.8. The van der Waals surface area contributed by atoms with Crippen molar-refractivity contribution >= 4 is 11.7 Å². The second-order valence-electron chi connectivity index (χ2n) is 6.95. The van der Waals surface area contributed by atoms with Crippen LogP contribution in [-0.2, 0) is 12.7 Å². The lowest BCUT2D eigenvalue weighted by atomic mass is 10.1. The number of amides is 1. The fourth-order valence-corrected chi connectivity index (χ4v) is 3.20. The van der Waals surface area contributed by atoms with E-state index in [0.717, 1.165) is 16.3 Å². The third-order valence-corrected chi connectivity index (χ3v) is 4.63. The van der Waals surface area contributed by atoms with Crippen molar-refractivity contribution in [2.75, 3.05) is 5.32 Å². The van der Waals surface area contributed by atoms with Crippen molar-refractivity contribution < 1.29 is 18.0 Å². The van der Waals surface area contributed by atoms with Crippen molar-refractivity contribution in [1.82, 2.24) is 19.6 Å². The van der Waals surface area contributed by atoms with Crippen LogP contribution in [0.25, 0.3) is 5.69 Å². The summed E-state index contributed by atoms with van der Waals surface area (Å²) >= 11 is 0. The molecule has 0 radical (unpaired) electrons. The van der Waals surface area contributed by atoms with E-state index in [-0.39, 0.29) is 11.5 Å². The Morgan fingerprint density at radius 2 is 1.81 bits per heavy atom. The van der Waals surface area contributed by atoms with Gasteiger partial charge in [-0.25, -0.2) is 4.68 Å². The summed E-state index contributed by atoms with van der Waals surface area (Å²) in [5.74, 6) is -0.295. The van der Waals surface area contributed by atoms with Gasteiger partial charge in [-0.05, 0) is 42.8 Å². The minimum absolute atomic E-state index is 0.153. The lowest BCUT2D eigenvalue weighted by Crippen LogP contribution is -2.17. The second-order valence-corrected chi connectivity index (χ2v) is 6.95. The van der Waals surface area contributed by atoms with Gasteiger partial charge in [0.15, 0.2) is 0 Å². The molecule has 2 aromatic carbocycles. The zero-order chi connectivity index (χ0) is 22.0. The highest BCUT2D eigenvalue weighted by atomic mass is 19.4. The maximum absolute atomic E-state index is 13.4. The minimum Gasteiger partial charge on any atom is -0.306 e. The van der Waals surface area contributed by atoms with E-state index in [4.69, 9.17) is 0 Å². The van der Waals surface area contributed by atoms with Gasteiger partial charge in [0.1, 0.15) is 5.82 Å². The van der Waals surface area contributed by atoms with Gasteiger partial charge in [0.05, 0.1) is 23.5 Å². The first-order valence-corrected chi connectivity index (χ1v) is 9.42. The normalized spacial score (nSPS) is 11.5. The number of nitrogens with one attached hydrogen (secondary N) is 1. The summed E-state index contributed by atoms with van der Waals surface area (Å²) in [7, 11) is 0. The third kappa shape index (κ3) is 4.50. The van der Waals surface area contributed by atoms with E-state index >= 15 is 0 Å². The van der Waals surface area contributed by atoms with Crippen LogP contribution >= 0.6 is 0 Å². The van der Waals surface area contributed by atoms with Crippen LogP contribution in [0, 0.1) is 6.92 Å². The summed E-state index contributed by atoms with van der Waals surface area (Å²) in [5.41, 5.74) is 0.811. The average Bonchev–Trinajstić information content (AvgIpc) is 3.37. The van der Waals surface area contributed by atoms with Gasteiger partial charge in [-0.3, -0.25) is 9.48 Å². The summed E-state index contributed by atoms with van der Waals surface area (Å²) in [5, 5.41) is 11.0. The Balaban J connectivity index is 1.58. The standard InChI is InChI=1S/C22H18F3N5O/c1-15-13-20(30(28-15)19-6-3-2-5-18(19)22(23,24)25)27-21(31)17-9-7-16(8-10-17)14-29-12-4-11-26-29/h2-13H,14H2,1H3,(H,27,31). The number of halogens is 3. The molecule has 0 aliphatic carbocycles. The molecule has 2 heterocycles.